The third-order valence-corrected chi connectivity index (χ3v) is 3.09. The van der Waals surface area contributed by atoms with E-state index in [1.807, 2.05) is 6.92 Å². The summed E-state index contributed by atoms with van der Waals surface area (Å²) in [5, 5.41) is 20.0. The average molecular weight is 305 g/mol. The number of carboxylic acid groups (broad SMARTS) is 2. The number of aryl methyl sites for hydroxylation is 1. The SMILES string of the molecule is Cc1cn2ccc(C(=O)NC(CCC(=O)O)C(=O)O)cc2n1. The lowest BCUT2D eigenvalue weighted by atomic mass is 10.1. The van der Waals surface area contributed by atoms with E-state index in [0.717, 1.165) is 5.69 Å². The summed E-state index contributed by atoms with van der Waals surface area (Å²) in [4.78, 5) is 37.9. The van der Waals surface area contributed by atoms with Gasteiger partial charge in [0.2, 0.25) is 0 Å². The van der Waals surface area contributed by atoms with E-state index in [0.29, 0.717) is 5.65 Å². The number of pyridine rings is 1. The van der Waals surface area contributed by atoms with Crippen LogP contribution in [-0.4, -0.2) is 43.5 Å². The number of carbonyl (C=O) groups is 3. The molecule has 2 aromatic heterocycles. The molecule has 116 valence electrons. The van der Waals surface area contributed by atoms with Crippen LogP contribution in [0.2, 0.25) is 0 Å². The zero-order chi connectivity index (χ0) is 16.3. The topological polar surface area (TPSA) is 121 Å². The minimum atomic E-state index is -1.27. The molecule has 8 nitrogen and oxygen atoms in total. The standard InChI is InChI=1S/C14H15N3O5/c1-8-7-17-5-4-9(6-11(17)15-8)13(20)16-10(14(21)22)2-3-12(18)19/h4-7,10H,2-3H2,1H3,(H,16,20)(H,18,19)(H,21,22). The molecule has 1 amide bonds. The molecule has 0 saturated carbocycles. The molecule has 0 aliphatic heterocycles. The lowest BCUT2D eigenvalue weighted by molar-refractivity contribution is -0.140. The number of aromatic nitrogens is 2. The van der Waals surface area contributed by atoms with Crippen molar-refractivity contribution in [2.75, 3.05) is 0 Å². The van der Waals surface area contributed by atoms with E-state index in [1.54, 1.807) is 28.9 Å². The van der Waals surface area contributed by atoms with Gasteiger partial charge in [-0.1, -0.05) is 0 Å². The van der Waals surface area contributed by atoms with Gasteiger partial charge in [0.1, 0.15) is 11.7 Å². The van der Waals surface area contributed by atoms with Gasteiger partial charge in [-0.25, -0.2) is 9.78 Å². The third kappa shape index (κ3) is 3.60. The summed E-state index contributed by atoms with van der Waals surface area (Å²) in [6.45, 7) is 1.82. The minimum Gasteiger partial charge on any atom is -0.481 e. The van der Waals surface area contributed by atoms with E-state index in [1.165, 1.54) is 0 Å². The Balaban J connectivity index is 2.13. The predicted octanol–water partition coefficient (Wildman–Crippen LogP) is 0.691. The van der Waals surface area contributed by atoms with Gasteiger partial charge in [-0.15, -0.1) is 0 Å². The molecule has 0 radical (unpaired) electrons. The normalized spacial score (nSPS) is 12.0. The van der Waals surface area contributed by atoms with Gasteiger partial charge in [0.05, 0.1) is 5.69 Å². The Labute approximate surface area is 125 Å². The number of carbonyl (C=O) groups excluding carboxylic acids is 1. The number of nitrogens with zero attached hydrogens (tertiary/aromatic N) is 2. The zero-order valence-electron chi connectivity index (χ0n) is 11.8. The molecule has 0 fully saturated rings. The first-order chi connectivity index (χ1) is 10.4. The fourth-order valence-corrected chi connectivity index (χ4v) is 2.02. The molecular weight excluding hydrogens is 290 g/mol. The molecule has 0 aliphatic rings. The Kier molecular flexibility index (Phi) is 4.40. The largest absolute Gasteiger partial charge is 0.481 e. The van der Waals surface area contributed by atoms with E-state index in [9.17, 15) is 14.4 Å². The first-order valence-electron chi connectivity index (χ1n) is 6.57. The van der Waals surface area contributed by atoms with E-state index < -0.39 is 23.9 Å². The molecule has 0 bridgehead atoms. The molecule has 22 heavy (non-hydrogen) atoms. The van der Waals surface area contributed by atoms with Crippen molar-refractivity contribution in [3.8, 4) is 0 Å². The van der Waals surface area contributed by atoms with Crippen LogP contribution in [0.4, 0.5) is 0 Å². The van der Waals surface area contributed by atoms with E-state index >= 15 is 0 Å². The lowest BCUT2D eigenvalue weighted by Gasteiger charge is -2.13. The van der Waals surface area contributed by atoms with Crippen LogP contribution in [0.15, 0.2) is 24.5 Å². The first kappa shape index (κ1) is 15.5. The average Bonchev–Trinajstić information content (AvgIpc) is 2.81. The van der Waals surface area contributed by atoms with Crippen molar-refractivity contribution in [3.63, 3.8) is 0 Å². The van der Waals surface area contributed by atoms with Crippen LogP contribution in [0.5, 0.6) is 0 Å². The molecule has 0 spiro atoms. The summed E-state index contributed by atoms with van der Waals surface area (Å²) in [6.07, 6.45) is 2.93. The molecule has 2 rings (SSSR count). The summed E-state index contributed by atoms with van der Waals surface area (Å²) in [5.74, 6) is -2.97. The predicted molar refractivity (Wildman–Crippen MR) is 75.7 cm³/mol. The van der Waals surface area contributed by atoms with Gasteiger partial charge in [-0.3, -0.25) is 9.59 Å². The third-order valence-electron chi connectivity index (χ3n) is 3.09. The van der Waals surface area contributed by atoms with Crippen molar-refractivity contribution in [1.29, 1.82) is 0 Å². The van der Waals surface area contributed by atoms with Gasteiger partial charge in [-0.2, -0.15) is 0 Å². The quantitative estimate of drug-likeness (QED) is 0.722. The molecule has 0 aliphatic carbocycles. The molecule has 2 aromatic rings. The van der Waals surface area contributed by atoms with E-state index in [2.05, 4.69) is 10.3 Å². The first-order valence-corrected chi connectivity index (χ1v) is 6.57. The number of carboxylic acids is 2. The fraction of sp³-hybridized carbons (Fsp3) is 0.286. The Bertz CT molecular complexity index is 737. The van der Waals surface area contributed by atoms with Crippen molar-refractivity contribution in [3.05, 3.63) is 35.8 Å². The van der Waals surface area contributed by atoms with Gasteiger partial charge < -0.3 is 19.9 Å². The summed E-state index contributed by atoms with van der Waals surface area (Å²) < 4.78 is 1.74. The van der Waals surface area contributed by atoms with Crippen LogP contribution in [0.1, 0.15) is 28.9 Å². The lowest BCUT2D eigenvalue weighted by Crippen LogP contribution is -2.41. The minimum absolute atomic E-state index is 0.179. The number of nitrogens with one attached hydrogen (secondary N) is 1. The Hall–Kier alpha value is -2.90. The maximum Gasteiger partial charge on any atom is 0.326 e. The zero-order valence-corrected chi connectivity index (χ0v) is 11.8. The van der Waals surface area contributed by atoms with Gasteiger partial charge >= 0.3 is 11.9 Å². The van der Waals surface area contributed by atoms with Crippen molar-refractivity contribution in [1.82, 2.24) is 14.7 Å². The number of aliphatic carboxylic acids is 2. The van der Waals surface area contributed by atoms with Crippen molar-refractivity contribution in [2.45, 2.75) is 25.8 Å². The van der Waals surface area contributed by atoms with Crippen molar-refractivity contribution >= 4 is 23.5 Å². The summed E-state index contributed by atoms with van der Waals surface area (Å²) >= 11 is 0. The Morgan fingerprint density at radius 1 is 1.36 bits per heavy atom. The van der Waals surface area contributed by atoms with Gasteiger partial charge in [-0.05, 0) is 25.5 Å². The highest BCUT2D eigenvalue weighted by Crippen LogP contribution is 2.09. The van der Waals surface area contributed by atoms with Crippen molar-refractivity contribution < 1.29 is 24.6 Å². The van der Waals surface area contributed by atoms with Crippen LogP contribution in [0.25, 0.3) is 5.65 Å². The van der Waals surface area contributed by atoms with Crippen LogP contribution in [0.3, 0.4) is 0 Å². The smallest absolute Gasteiger partial charge is 0.326 e. The van der Waals surface area contributed by atoms with E-state index in [-0.39, 0.29) is 18.4 Å². The molecule has 1 unspecified atom stereocenters. The Morgan fingerprint density at radius 3 is 2.73 bits per heavy atom. The second kappa shape index (κ2) is 6.25. The molecule has 2 heterocycles. The summed E-state index contributed by atoms with van der Waals surface area (Å²) in [7, 11) is 0. The van der Waals surface area contributed by atoms with Crippen LogP contribution >= 0.6 is 0 Å². The molecule has 3 N–H and O–H groups in total. The number of fused-ring (bicyclic) bond motifs is 1. The highest BCUT2D eigenvalue weighted by molar-refractivity contribution is 5.97. The summed E-state index contributed by atoms with van der Waals surface area (Å²) in [5.41, 5.74) is 1.63. The molecule has 8 heteroatoms. The highest BCUT2D eigenvalue weighted by Gasteiger charge is 2.21. The molecule has 1 atom stereocenters. The number of hydrogen-bond acceptors (Lipinski definition) is 4. The van der Waals surface area contributed by atoms with Gasteiger partial charge in [0.15, 0.2) is 0 Å². The highest BCUT2D eigenvalue weighted by atomic mass is 16.4. The number of amides is 1. The monoisotopic (exact) mass is 305 g/mol. The van der Waals surface area contributed by atoms with Gasteiger partial charge in [0.25, 0.3) is 5.91 Å². The Morgan fingerprint density at radius 2 is 2.09 bits per heavy atom. The number of hydrogen-bond donors (Lipinski definition) is 3. The van der Waals surface area contributed by atoms with E-state index in [4.69, 9.17) is 10.2 Å². The fourth-order valence-electron chi connectivity index (χ4n) is 2.02. The van der Waals surface area contributed by atoms with Crippen LogP contribution in [0, 0.1) is 6.92 Å². The molecular formula is C14H15N3O5. The van der Waals surface area contributed by atoms with Crippen molar-refractivity contribution in [2.24, 2.45) is 0 Å². The summed E-state index contributed by atoms with van der Waals surface area (Å²) in [6, 6.07) is 1.83. The number of rotatable bonds is 6. The van der Waals surface area contributed by atoms with Gasteiger partial charge in [0, 0.05) is 24.4 Å². The second-order valence-corrected chi connectivity index (χ2v) is 4.86. The van der Waals surface area contributed by atoms with Crippen LogP contribution in [-0.2, 0) is 9.59 Å². The molecule has 0 saturated heterocycles. The van der Waals surface area contributed by atoms with Crippen LogP contribution < -0.4 is 5.32 Å². The second-order valence-electron chi connectivity index (χ2n) is 4.86. The maximum atomic E-state index is 12.1. The maximum absolute atomic E-state index is 12.1. The molecule has 0 aromatic carbocycles. The number of imidazole rings is 1.